The number of amides is 1. The lowest BCUT2D eigenvalue weighted by Crippen LogP contribution is -2.42. The van der Waals surface area contributed by atoms with Gasteiger partial charge in [0.15, 0.2) is 5.65 Å². The highest BCUT2D eigenvalue weighted by molar-refractivity contribution is 5.92. The van der Waals surface area contributed by atoms with Gasteiger partial charge in [0, 0.05) is 35.8 Å². The van der Waals surface area contributed by atoms with Gasteiger partial charge in [-0.3, -0.25) is 4.79 Å². The highest BCUT2D eigenvalue weighted by Gasteiger charge is 2.25. The Balaban J connectivity index is 1.45. The van der Waals surface area contributed by atoms with Gasteiger partial charge < -0.3 is 14.8 Å². The molecule has 1 fully saturated rings. The molecular formula is C27H34N6O. The first kappa shape index (κ1) is 22.6. The van der Waals surface area contributed by atoms with Crippen molar-refractivity contribution in [3.63, 3.8) is 0 Å². The third kappa shape index (κ3) is 4.20. The molecule has 0 unspecified atom stereocenters. The molecule has 4 heterocycles. The van der Waals surface area contributed by atoms with Crippen LogP contribution in [0.2, 0.25) is 0 Å². The van der Waals surface area contributed by atoms with Crippen LogP contribution in [-0.2, 0) is 4.79 Å². The van der Waals surface area contributed by atoms with Crippen molar-refractivity contribution in [2.45, 2.75) is 45.4 Å². The second kappa shape index (κ2) is 8.87. The quantitative estimate of drug-likeness (QED) is 0.475. The molecule has 3 aromatic heterocycles. The van der Waals surface area contributed by atoms with E-state index in [2.05, 4.69) is 59.2 Å². The standard InChI is InChI=1S/C27H34N6O/c1-17(2)26-22-14-20(19-8-11-32(12-9-19)25(34)16-31(4)5)6-7-23(22)29-27(26)21-10-13-33-24(15-21)28-18(3)30-33/h6-7,10,13-15,17,19,29H,8-9,11-12,16H2,1-5H3. The molecule has 7 heteroatoms. The minimum Gasteiger partial charge on any atom is -0.354 e. The molecule has 1 N–H and O–H groups in total. The summed E-state index contributed by atoms with van der Waals surface area (Å²) >= 11 is 0. The number of pyridine rings is 1. The van der Waals surface area contributed by atoms with E-state index in [0.717, 1.165) is 48.7 Å². The Hall–Kier alpha value is -3.19. The summed E-state index contributed by atoms with van der Waals surface area (Å²) in [4.78, 5) is 24.6. The number of nitrogens with one attached hydrogen (secondary N) is 1. The van der Waals surface area contributed by atoms with Crippen molar-refractivity contribution in [2.75, 3.05) is 33.7 Å². The minimum atomic E-state index is 0.233. The summed E-state index contributed by atoms with van der Waals surface area (Å²) < 4.78 is 1.82. The molecule has 5 rings (SSSR count). The van der Waals surface area contributed by atoms with E-state index in [4.69, 9.17) is 0 Å². The van der Waals surface area contributed by atoms with Crippen LogP contribution in [0.1, 0.15) is 55.5 Å². The van der Waals surface area contributed by atoms with Gasteiger partial charge >= 0.3 is 0 Å². The number of fused-ring (bicyclic) bond motifs is 2. The number of likely N-dealkylation sites (N-methyl/N-ethyl adjacent to an activating group) is 1. The van der Waals surface area contributed by atoms with E-state index in [1.165, 1.54) is 22.0 Å². The first-order valence-electron chi connectivity index (χ1n) is 12.2. The summed E-state index contributed by atoms with van der Waals surface area (Å²) in [5.74, 6) is 1.87. The monoisotopic (exact) mass is 458 g/mol. The highest BCUT2D eigenvalue weighted by Crippen LogP contribution is 2.38. The van der Waals surface area contributed by atoms with Gasteiger partial charge in [0.25, 0.3) is 0 Å². The van der Waals surface area contributed by atoms with Crippen LogP contribution in [0.15, 0.2) is 36.5 Å². The molecule has 178 valence electrons. The van der Waals surface area contributed by atoms with Crippen LogP contribution in [0.5, 0.6) is 0 Å². The maximum atomic E-state index is 12.4. The van der Waals surface area contributed by atoms with Gasteiger partial charge in [0.05, 0.1) is 12.2 Å². The second-order valence-corrected chi connectivity index (χ2v) is 10.1. The molecule has 1 aromatic carbocycles. The molecule has 0 atom stereocenters. The molecule has 0 radical (unpaired) electrons. The molecule has 0 saturated carbocycles. The van der Waals surface area contributed by atoms with Gasteiger partial charge in [0.2, 0.25) is 5.91 Å². The first-order chi connectivity index (χ1) is 16.3. The van der Waals surface area contributed by atoms with E-state index in [-0.39, 0.29) is 5.91 Å². The molecular weight excluding hydrogens is 424 g/mol. The summed E-state index contributed by atoms with van der Waals surface area (Å²) in [6, 6.07) is 11.1. The van der Waals surface area contributed by atoms with E-state index < -0.39 is 0 Å². The lowest BCUT2D eigenvalue weighted by atomic mass is 9.87. The van der Waals surface area contributed by atoms with Crippen molar-refractivity contribution >= 4 is 22.5 Å². The average Bonchev–Trinajstić information content (AvgIpc) is 3.37. The van der Waals surface area contributed by atoms with Crippen LogP contribution >= 0.6 is 0 Å². The van der Waals surface area contributed by atoms with Gasteiger partial charge in [0.1, 0.15) is 5.82 Å². The topological polar surface area (TPSA) is 69.5 Å². The van der Waals surface area contributed by atoms with Crippen molar-refractivity contribution in [1.82, 2.24) is 29.4 Å². The van der Waals surface area contributed by atoms with Gasteiger partial charge in [-0.15, -0.1) is 0 Å². The molecule has 0 aliphatic carbocycles. The van der Waals surface area contributed by atoms with Gasteiger partial charge in [-0.2, -0.15) is 5.10 Å². The van der Waals surface area contributed by atoms with E-state index in [9.17, 15) is 4.79 Å². The summed E-state index contributed by atoms with van der Waals surface area (Å²) in [6.07, 6.45) is 4.01. The molecule has 0 bridgehead atoms. The Morgan fingerprint density at radius 1 is 1.18 bits per heavy atom. The zero-order chi connectivity index (χ0) is 24.0. The van der Waals surface area contributed by atoms with Crippen molar-refractivity contribution < 1.29 is 4.79 Å². The Morgan fingerprint density at radius 2 is 1.94 bits per heavy atom. The summed E-state index contributed by atoms with van der Waals surface area (Å²) in [5, 5.41) is 5.71. The number of hydrogen-bond acceptors (Lipinski definition) is 4. The van der Waals surface area contributed by atoms with Crippen molar-refractivity contribution in [3.8, 4) is 11.3 Å². The Bertz CT molecular complexity index is 1340. The number of hydrogen-bond donors (Lipinski definition) is 1. The number of aryl methyl sites for hydroxylation is 1. The maximum absolute atomic E-state index is 12.4. The van der Waals surface area contributed by atoms with Crippen LogP contribution in [-0.4, -0.2) is 69.0 Å². The number of H-pyrrole nitrogens is 1. The highest BCUT2D eigenvalue weighted by atomic mass is 16.2. The number of carbonyl (C=O) groups is 1. The summed E-state index contributed by atoms with van der Waals surface area (Å²) in [7, 11) is 3.89. The normalized spacial score (nSPS) is 15.3. The van der Waals surface area contributed by atoms with Crippen LogP contribution in [0.25, 0.3) is 27.8 Å². The van der Waals surface area contributed by atoms with Gasteiger partial charge in [-0.1, -0.05) is 19.9 Å². The smallest absolute Gasteiger partial charge is 0.236 e. The van der Waals surface area contributed by atoms with Crippen molar-refractivity contribution in [1.29, 1.82) is 0 Å². The number of piperidine rings is 1. The second-order valence-electron chi connectivity index (χ2n) is 10.1. The summed E-state index contributed by atoms with van der Waals surface area (Å²) in [6.45, 7) is 8.59. The molecule has 1 aliphatic rings. The third-order valence-electron chi connectivity index (χ3n) is 6.94. The number of carbonyl (C=O) groups excluding carboxylic acids is 1. The van der Waals surface area contributed by atoms with Gasteiger partial charge in [-0.05, 0) is 81.1 Å². The zero-order valence-corrected chi connectivity index (χ0v) is 20.8. The molecule has 1 saturated heterocycles. The number of aromatic amines is 1. The van der Waals surface area contributed by atoms with Crippen LogP contribution < -0.4 is 0 Å². The van der Waals surface area contributed by atoms with Gasteiger partial charge in [-0.25, -0.2) is 9.50 Å². The van der Waals surface area contributed by atoms with Crippen molar-refractivity contribution in [2.24, 2.45) is 0 Å². The van der Waals surface area contributed by atoms with Crippen LogP contribution in [0, 0.1) is 6.92 Å². The zero-order valence-electron chi connectivity index (χ0n) is 20.8. The molecule has 1 aliphatic heterocycles. The lowest BCUT2D eigenvalue weighted by molar-refractivity contribution is -0.132. The maximum Gasteiger partial charge on any atom is 0.236 e. The molecule has 34 heavy (non-hydrogen) atoms. The number of rotatable bonds is 5. The fourth-order valence-electron chi connectivity index (χ4n) is 5.29. The molecule has 1 amide bonds. The third-order valence-corrected chi connectivity index (χ3v) is 6.94. The number of likely N-dealkylation sites (tertiary alicyclic amines) is 1. The first-order valence-corrected chi connectivity index (χ1v) is 12.2. The molecule has 0 spiro atoms. The molecule has 4 aromatic rings. The fourth-order valence-corrected chi connectivity index (χ4v) is 5.29. The lowest BCUT2D eigenvalue weighted by Gasteiger charge is -2.33. The van der Waals surface area contributed by atoms with Crippen molar-refractivity contribution in [3.05, 3.63) is 53.5 Å². The Kier molecular flexibility index (Phi) is 5.90. The SMILES string of the molecule is Cc1nc2cc(-c3[nH]c4ccc(C5CCN(C(=O)CN(C)C)CC5)cc4c3C(C)C)ccn2n1. The Morgan fingerprint density at radius 3 is 2.65 bits per heavy atom. The predicted molar refractivity (Wildman–Crippen MR) is 136 cm³/mol. The number of aromatic nitrogens is 4. The number of nitrogens with zero attached hydrogens (tertiary/aromatic N) is 5. The molecule has 7 nitrogen and oxygen atoms in total. The number of benzene rings is 1. The Labute approximate surface area is 200 Å². The predicted octanol–water partition coefficient (Wildman–Crippen LogP) is 4.58. The minimum absolute atomic E-state index is 0.233. The van der Waals surface area contributed by atoms with Crippen LogP contribution in [0.3, 0.4) is 0 Å². The fraction of sp³-hybridized carbons (Fsp3) is 0.444. The summed E-state index contributed by atoms with van der Waals surface area (Å²) in [5.41, 5.74) is 7.04. The average molecular weight is 459 g/mol. The largest absolute Gasteiger partial charge is 0.354 e. The van der Waals surface area contributed by atoms with Crippen LogP contribution in [0.4, 0.5) is 0 Å². The van der Waals surface area contributed by atoms with E-state index in [0.29, 0.717) is 18.4 Å². The van der Waals surface area contributed by atoms with E-state index in [1.54, 1.807) is 0 Å². The van der Waals surface area contributed by atoms with E-state index in [1.807, 2.05) is 41.5 Å². The van der Waals surface area contributed by atoms with E-state index >= 15 is 0 Å².